The molecule has 0 aliphatic rings. The lowest BCUT2D eigenvalue weighted by Gasteiger charge is -2.15. The van der Waals surface area contributed by atoms with Gasteiger partial charge in [-0.2, -0.15) is 0 Å². The molecule has 0 radical (unpaired) electrons. The number of alkyl halides is 3. The number of anilines is 3. The second kappa shape index (κ2) is 9.53. The van der Waals surface area contributed by atoms with Crippen molar-refractivity contribution in [2.75, 3.05) is 10.6 Å². The van der Waals surface area contributed by atoms with Crippen molar-refractivity contribution in [3.63, 3.8) is 0 Å². The van der Waals surface area contributed by atoms with E-state index in [2.05, 4.69) is 40.3 Å². The van der Waals surface area contributed by atoms with E-state index in [9.17, 15) is 22.4 Å². The van der Waals surface area contributed by atoms with Gasteiger partial charge in [-0.15, -0.1) is 13.2 Å². The summed E-state index contributed by atoms with van der Waals surface area (Å²) in [5.41, 5.74) is 1.56. The lowest BCUT2D eigenvalue weighted by atomic mass is 10.1. The molecule has 5 aromatic rings. The molecule has 37 heavy (non-hydrogen) atoms. The first-order valence-corrected chi connectivity index (χ1v) is 10.6. The number of para-hydroxylation sites is 1. The maximum Gasteiger partial charge on any atom is 0.573 e. The van der Waals surface area contributed by atoms with E-state index in [1.807, 2.05) is 0 Å². The Labute approximate surface area is 205 Å². The number of carbonyl (C=O) groups excluding carboxylic acids is 1. The number of fused-ring (bicyclic) bond motifs is 1. The van der Waals surface area contributed by atoms with Crippen molar-refractivity contribution in [2.45, 2.75) is 6.36 Å². The number of pyridine rings is 1. The zero-order valence-corrected chi connectivity index (χ0v) is 18.5. The molecule has 3 heterocycles. The van der Waals surface area contributed by atoms with Crippen LogP contribution in [0.1, 0.15) is 10.4 Å². The molecule has 9 nitrogen and oxygen atoms in total. The van der Waals surface area contributed by atoms with Crippen molar-refractivity contribution in [3.05, 3.63) is 84.8 Å². The Hall–Kier alpha value is -5.07. The topological polar surface area (TPSA) is 118 Å². The maximum atomic E-state index is 14.0. The predicted octanol–water partition coefficient (Wildman–Crippen LogP) is 5.45. The summed E-state index contributed by atoms with van der Waals surface area (Å²) in [5, 5.41) is 5.26. The van der Waals surface area contributed by atoms with Gasteiger partial charge in [-0.05, 0) is 36.4 Å². The number of benzene rings is 2. The van der Waals surface area contributed by atoms with E-state index < -0.39 is 23.8 Å². The van der Waals surface area contributed by atoms with Gasteiger partial charge < -0.3 is 20.4 Å². The first kappa shape index (κ1) is 23.7. The van der Waals surface area contributed by atoms with Crippen LogP contribution in [0.5, 0.6) is 5.75 Å². The van der Waals surface area contributed by atoms with E-state index in [4.69, 9.17) is 0 Å². The van der Waals surface area contributed by atoms with Gasteiger partial charge in [-0.25, -0.2) is 24.3 Å². The molecule has 186 valence electrons. The van der Waals surface area contributed by atoms with Gasteiger partial charge in [-0.3, -0.25) is 4.79 Å². The average molecular weight is 509 g/mol. The Kier molecular flexibility index (Phi) is 6.09. The number of halogens is 4. The number of aromatic amines is 1. The van der Waals surface area contributed by atoms with Gasteiger partial charge in [0.15, 0.2) is 5.65 Å². The summed E-state index contributed by atoms with van der Waals surface area (Å²) < 4.78 is 57.1. The van der Waals surface area contributed by atoms with E-state index in [0.29, 0.717) is 22.4 Å². The maximum absolute atomic E-state index is 14.0. The molecule has 0 spiro atoms. The van der Waals surface area contributed by atoms with Gasteiger partial charge in [0.2, 0.25) is 0 Å². The molecule has 13 heteroatoms. The molecule has 0 aliphatic heterocycles. The number of hydrogen-bond acceptors (Lipinski definition) is 7. The number of ether oxygens (including phenoxy) is 1. The van der Waals surface area contributed by atoms with E-state index in [0.717, 1.165) is 18.2 Å². The van der Waals surface area contributed by atoms with Crippen LogP contribution in [-0.4, -0.2) is 37.2 Å². The lowest BCUT2D eigenvalue weighted by molar-refractivity contribution is -0.274. The highest BCUT2D eigenvalue weighted by atomic mass is 19.4. The SMILES string of the molecule is O=C(Nc1ccccc1F)c1cc(Nc2ncccc2-c2ncnc3nc[nH]c23)cc(OC(F)(F)F)c1. The molecule has 0 atom stereocenters. The second-order valence-electron chi connectivity index (χ2n) is 7.58. The summed E-state index contributed by atoms with van der Waals surface area (Å²) in [6.07, 6.45) is -0.775. The number of carbonyl (C=O) groups is 1. The minimum atomic E-state index is -5.01. The number of nitrogens with zero attached hydrogens (tertiary/aromatic N) is 4. The molecule has 0 fully saturated rings. The Morgan fingerprint density at radius 1 is 0.973 bits per heavy atom. The molecular weight excluding hydrogens is 494 g/mol. The fraction of sp³-hybridized carbons (Fsp3) is 0.0417. The summed E-state index contributed by atoms with van der Waals surface area (Å²) in [6, 6.07) is 12.0. The summed E-state index contributed by atoms with van der Waals surface area (Å²) >= 11 is 0. The second-order valence-corrected chi connectivity index (χ2v) is 7.58. The molecule has 0 aliphatic carbocycles. The molecule has 0 unspecified atom stereocenters. The van der Waals surface area contributed by atoms with E-state index in [1.54, 1.807) is 12.1 Å². The van der Waals surface area contributed by atoms with E-state index >= 15 is 0 Å². The standard InChI is InChI=1S/C24H15F4N7O2/c25-17-5-1-2-6-18(17)35-23(36)13-8-14(10-15(9-13)37-24(26,27)28)34-21-16(4-3-7-29-21)19-20-22(32-11-30-19)33-12-31-20/h1-12H,(H,29,34)(H,35,36)(H,30,31,32,33). The molecule has 0 saturated heterocycles. The van der Waals surface area contributed by atoms with Gasteiger partial charge >= 0.3 is 6.36 Å². The Bertz CT molecular complexity index is 1600. The van der Waals surface area contributed by atoms with E-state index in [1.165, 1.54) is 43.1 Å². The molecule has 5 rings (SSSR count). The van der Waals surface area contributed by atoms with Crippen LogP contribution in [-0.2, 0) is 0 Å². The highest BCUT2D eigenvalue weighted by Crippen LogP contribution is 2.33. The van der Waals surface area contributed by atoms with Gasteiger partial charge in [0.05, 0.1) is 12.0 Å². The molecule has 0 bridgehead atoms. The summed E-state index contributed by atoms with van der Waals surface area (Å²) in [6.45, 7) is 0. The fourth-order valence-corrected chi connectivity index (χ4v) is 3.55. The monoisotopic (exact) mass is 509 g/mol. The van der Waals surface area contributed by atoms with Crippen molar-refractivity contribution in [1.82, 2.24) is 24.9 Å². The summed E-state index contributed by atoms with van der Waals surface area (Å²) in [7, 11) is 0. The third-order valence-corrected chi connectivity index (χ3v) is 5.07. The number of nitrogens with one attached hydrogen (secondary N) is 3. The van der Waals surface area contributed by atoms with Crippen LogP contribution >= 0.6 is 0 Å². The van der Waals surface area contributed by atoms with Gasteiger partial charge in [0.25, 0.3) is 5.91 Å². The van der Waals surface area contributed by atoms with Crippen LogP contribution in [0, 0.1) is 5.82 Å². The van der Waals surface area contributed by atoms with Crippen LogP contribution in [0.25, 0.3) is 22.4 Å². The third-order valence-electron chi connectivity index (χ3n) is 5.07. The normalized spacial score (nSPS) is 11.4. The van der Waals surface area contributed by atoms with Gasteiger partial charge in [-0.1, -0.05) is 12.1 Å². The van der Waals surface area contributed by atoms with E-state index in [-0.39, 0.29) is 22.8 Å². The number of imidazole rings is 1. The Morgan fingerprint density at radius 2 is 1.81 bits per heavy atom. The number of aromatic nitrogens is 5. The van der Waals surface area contributed by atoms with Crippen LogP contribution < -0.4 is 15.4 Å². The molecule has 0 saturated carbocycles. The minimum Gasteiger partial charge on any atom is -0.406 e. The largest absolute Gasteiger partial charge is 0.573 e. The molecule has 2 aromatic carbocycles. The van der Waals surface area contributed by atoms with Gasteiger partial charge in [0, 0.05) is 29.1 Å². The van der Waals surface area contributed by atoms with Crippen LogP contribution in [0.4, 0.5) is 34.8 Å². The molecule has 1 amide bonds. The lowest BCUT2D eigenvalue weighted by Crippen LogP contribution is -2.18. The van der Waals surface area contributed by atoms with Crippen molar-refractivity contribution >= 4 is 34.3 Å². The highest BCUT2D eigenvalue weighted by molar-refractivity contribution is 6.05. The van der Waals surface area contributed by atoms with Crippen molar-refractivity contribution in [3.8, 4) is 17.0 Å². The predicted molar refractivity (Wildman–Crippen MR) is 126 cm³/mol. The number of hydrogen-bond donors (Lipinski definition) is 3. The van der Waals surface area contributed by atoms with Crippen molar-refractivity contribution < 1.29 is 27.1 Å². The first-order chi connectivity index (χ1) is 17.8. The van der Waals surface area contributed by atoms with Crippen LogP contribution in [0.3, 0.4) is 0 Å². The Balaban J connectivity index is 1.53. The Morgan fingerprint density at radius 3 is 2.62 bits per heavy atom. The minimum absolute atomic E-state index is 0.0512. The fourth-order valence-electron chi connectivity index (χ4n) is 3.55. The molecule has 3 N–H and O–H groups in total. The average Bonchev–Trinajstić information content (AvgIpc) is 3.34. The zero-order chi connectivity index (χ0) is 26.0. The summed E-state index contributed by atoms with van der Waals surface area (Å²) in [5.74, 6) is -1.99. The smallest absolute Gasteiger partial charge is 0.406 e. The first-order valence-electron chi connectivity index (χ1n) is 10.6. The number of H-pyrrole nitrogens is 1. The number of amides is 1. The highest BCUT2D eigenvalue weighted by Gasteiger charge is 2.31. The van der Waals surface area contributed by atoms with Gasteiger partial charge in [0.1, 0.15) is 34.9 Å². The number of rotatable bonds is 6. The molecule has 3 aromatic heterocycles. The zero-order valence-electron chi connectivity index (χ0n) is 18.5. The third kappa shape index (κ3) is 5.29. The molecular formula is C24H15F4N7O2. The summed E-state index contributed by atoms with van der Waals surface area (Å²) in [4.78, 5) is 32.5. The van der Waals surface area contributed by atoms with Crippen molar-refractivity contribution in [2.24, 2.45) is 0 Å². The van der Waals surface area contributed by atoms with Crippen LogP contribution in [0.2, 0.25) is 0 Å². The van der Waals surface area contributed by atoms with Crippen LogP contribution in [0.15, 0.2) is 73.4 Å². The quantitative estimate of drug-likeness (QED) is 0.261. The van der Waals surface area contributed by atoms with Crippen molar-refractivity contribution in [1.29, 1.82) is 0 Å².